The molecule has 4 heteroatoms. The normalized spacial score (nSPS) is 12.2. The maximum Gasteiger partial charge on any atom is 0.0745 e. The van der Waals surface area contributed by atoms with Gasteiger partial charge in [0.15, 0.2) is 0 Å². The summed E-state index contributed by atoms with van der Waals surface area (Å²) in [5.41, 5.74) is 1.96. The van der Waals surface area contributed by atoms with Crippen LogP contribution < -0.4 is 5.32 Å². The monoisotopic (exact) mass is 325 g/mol. The van der Waals surface area contributed by atoms with Crippen LogP contribution in [0.5, 0.6) is 0 Å². The van der Waals surface area contributed by atoms with Crippen LogP contribution in [0.3, 0.4) is 0 Å². The molecule has 1 unspecified atom stereocenters. The number of aliphatic hydroxyl groups is 1. The highest BCUT2D eigenvalue weighted by atomic mass is 79.9. The Hall–Kier alpha value is -1.03. The zero-order valence-corrected chi connectivity index (χ0v) is 11.9. The number of hydrogen-bond acceptors (Lipinski definition) is 2. The molecule has 0 aliphatic carbocycles. The van der Waals surface area contributed by atoms with Crippen LogP contribution in [-0.4, -0.2) is 11.7 Å². The van der Waals surface area contributed by atoms with Gasteiger partial charge in [-0.05, 0) is 42.0 Å². The van der Waals surface area contributed by atoms with Crippen LogP contribution in [0.15, 0.2) is 53.0 Å². The molecule has 0 radical (unpaired) electrons. The lowest BCUT2D eigenvalue weighted by Crippen LogP contribution is -2.14. The Bertz CT molecular complexity index is 515. The van der Waals surface area contributed by atoms with Gasteiger partial charge in [0.05, 0.1) is 12.6 Å². The number of benzene rings is 2. The summed E-state index contributed by atoms with van der Waals surface area (Å²) in [6, 6.07) is 15.2. The van der Waals surface area contributed by atoms with Crippen molar-refractivity contribution < 1.29 is 5.11 Å². The van der Waals surface area contributed by atoms with Gasteiger partial charge in [0.25, 0.3) is 0 Å². The van der Waals surface area contributed by atoms with Crippen molar-refractivity contribution in [3.63, 3.8) is 0 Å². The van der Waals surface area contributed by atoms with Crippen LogP contribution in [0.1, 0.15) is 11.6 Å². The first-order valence-corrected chi connectivity index (χ1v) is 6.74. The second kappa shape index (κ2) is 6.23. The third-order valence-electron chi connectivity index (χ3n) is 2.62. The van der Waals surface area contributed by atoms with Crippen molar-refractivity contribution in [1.29, 1.82) is 0 Å². The Kier molecular flexibility index (Phi) is 4.64. The largest absolute Gasteiger partial charge is 0.394 e. The Morgan fingerprint density at radius 3 is 2.50 bits per heavy atom. The molecule has 1 atom stereocenters. The molecule has 0 bridgehead atoms. The van der Waals surface area contributed by atoms with Gasteiger partial charge in [-0.3, -0.25) is 0 Å². The molecular formula is C14H13BrClNO. The lowest BCUT2D eigenvalue weighted by molar-refractivity contribution is 0.276. The Balaban J connectivity index is 2.17. The second-order valence-corrected chi connectivity index (χ2v) is 5.29. The first-order valence-electron chi connectivity index (χ1n) is 5.57. The standard InChI is InChI=1S/C14H13BrClNO/c15-11-3-1-2-10(8-11)14(9-18)17-13-6-4-12(16)5-7-13/h1-8,14,17-18H,9H2. The number of anilines is 1. The van der Waals surface area contributed by atoms with Gasteiger partial charge < -0.3 is 10.4 Å². The molecule has 94 valence electrons. The molecule has 0 aliphatic rings. The molecule has 18 heavy (non-hydrogen) atoms. The SMILES string of the molecule is OCC(Nc1ccc(Cl)cc1)c1cccc(Br)c1. The molecule has 2 nitrogen and oxygen atoms in total. The Morgan fingerprint density at radius 1 is 1.17 bits per heavy atom. The second-order valence-electron chi connectivity index (χ2n) is 3.94. The number of rotatable bonds is 4. The number of hydrogen-bond donors (Lipinski definition) is 2. The van der Waals surface area contributed by atoms with Crippen LogP contribution >= 0.6 is 27.5 Å². The zero-order chi connectivity index (χ0) is 13.0. The predicted octanol–water partition coefficient (Wildman–Crippen LogP) is 4.25. The summed E-state index contributed by atoms with van der Waals surface area (Å²) in [6.45, 7) is 0.0269. The van der Waals surface area contributed by atoms with Gasteiger partial charge in [-0.1, -0.05) is 39.7 Å². The van der Waals surface area contributed by atoms with Crippen molar-refractivity contribution in [3.8, 4) is 0 Å². The summed E-state index contributed by atoms with van der Waals surface area (Å²) in [7, 11) is 0. The summed E-state index contributed by atoms with van der Waals surface area (Å²) in [4.78, 5) is 0. The summed E-state index contributed by atoms with van der Waals surface area (Å²) < 4.78 is 0.997. The molecule has 0 saturated heterocycles. The average molecular weight is 327 g/mol. The molecule has 0 spiro atoms. The smallest absolute Gasteiger partial charge is 0.0745 e. The van der Waals surface area contributed by atoms with E-state index in [1.807, 2.05) is 48.5 Å². The lowest BCUT2D eigenvalue weighted by atomic mass is 10.1. The molecule has 0 aromatic heterocycles. The highest BCUT2D eigenvalue weighted by molar-refractivity contribution is 9.10. The van der Waals surface area contributed by atoms with Crippen LogP contribution in [0.25, 0.3) is 0 Å². The van der Waals surface area contributed by atoms with E-state index in [0.29, 0.717) is 5.02 Å². The predicted molar refractivity (Wildman–Crippen MR) is 79.0 cm³/mol. The van der Waals surface area contributed by atoms with E-state index in [9.17, 15) is 5.11 Å². The van der Waals surface area contributed by atoms with Crippen molar-refractivity contribution in [1.82, 2.24) is 0 Å². The van der Waals surface area contributed by atoms with E-state index < -0.39 is 0 Å². The van der Waals surface area contributed by atoms with E-state index in [4.69, 9.17) is 11.6 Å². The first kappa shape index (κ1) is 13.4. The summed E-state index contributed by atoms with van der Waals surface area (Å²) >= 11 is 9.26. The zero-order valence-electron chi connectivity index (χ0n) is 9.61. The van der Waals surface area contributed by atoms with Crippen molar-refractivity contribution in [2.45, 2.75) is 6.04 Å². The summed E-state index contributed by atoms with van der Waals surface area (Å²) in [5, 5.41) is 13.5. The summed E-state index contributed by atoms with van der Waals surface area (Å²) in [6.07, 6.45) is 0. The van der Waals surface area contributed by atoms with E-state index >= 15 is 0 Å². The van der Waals surface area contributed by atoms with Gasteiger partial charge in [0.1, 0.15) is 0 Å². The molecule has 2 aromatic carbocycles. The highest BCUT2D eigenvalue weighted by Gasteiger charge is 2.10. The van der Waals surface area contributed by atoms with Crippen molar-refractivity contribution in [2.75, 3.05) is 11.9 Å². The molecule has 2 aromatic rings. The highest BCUT2D eigenvalue weighted by Crippen LogP contribution is 2.23. The van der Waals surface area contributed by atoms with Gasteiger partial charge in [0, 0.05) is 15.2 Å². The fourth-order valence-electron chi connectivity index (χ4n) is 1.71. The van der Waals surface area contributed by atoms with Crippen molar-refractivity contribution >= 4 is 33.2 Å². The topological polar surface area (TPSA) is 32.3 Å². The van der Waals surface area contributed by atoms with Gasteiger partial charge >= 0.3 is 0 Å². The molecule has 0 saturated carbocycles. The third-order valence-corrected chi connectivity index (χ3v) is 3.36. The van der Waals surface area contributed by atoms with E-state index in [-0.39, 0.29) is 12.6 Å². The first-order chi connectivity index (χ1) is 8.69. The van der Waals surface area contributed by atoms with Crippen LogP contribution in [0.2, 0.25) is 5.02 Å². The van der Waals surface area contributed by atoms with Gasteiger partial charge in [0.2, 0.25) is 0 Å². The van der Waals surface area contributed by atoms with E-state index in [1.54, 1.807) is 0 Å². The number of aliphatic hydroxyl groups excluding tert-OH is 1. The molecule has 2 rings (SSSR count). The lowest BCUT2D eigenvalue weighted by Gasteiger charge is -2.18. The molecule has 2 N–H and O–H groups in total. The van der Waals surface area contributed by atoms with Gasteiger partial charge in [-0.2, -0.15) is 0 Å². The van der Waals surface area contributed by atoms with Gasteiger partial charge in [-0.15, -0.1) is 0 Å². The van der Waals surface area contributed by atoms with Crippen molar-refractivity contribution in [3.05, 3.63) is 63.6 Å². The Labute approximate surface area is 120 Å². The minimum Gasteiger partial charge on any atom is -0.394 e. The van der Waals surface area contributed by atoms with E-state index in [1.165, 1.54) is 0 Å². The quantitative estimate of drug-likeness (QED) is 0.880. The molecule has 0 amide bonds. The van der Waals surface area contributed by atoms with Crippen molar-refractivity contribution in [2.24, 2.45) is 0 Å². The molecule has 0 fully saturated rings. The molecule has 0 heterocycles. The average Bonchev–Trinajstić information content (AvgIpc) is 2.38. The van der Waals surface area contributed by atoms with Crippen LogP contribution in [0, 0.1) is 0 Å². The molecule has 0 aliphatic heterocycles. The maximum absolute atomic E-state index is 9.48. The number of nitrogens with one attached hydrogen (secondary N) is 1. The summed E-state index contributed by atoms with van der Waals surface area (Å²) in [5.74, 6) is 0. The van der Waals surface area contributed by atoms with Crippen LogP contribution in [-0.2, 0) is 0 Å². The van der Waals surface area contributed by atoms with Crippen LogP contribution in [0.4, 0.5) is 5.69 Å². The molecular weight excluding hydrogens is 314 g/mol. The van der Waals surface area contributed by atoms with Gasteiger partial charge in [-0.25, -0.2) is 0 Å². The minimum atomic E-state index is -0.135. The Morgan fingerprint density at radius 2 is 1.89 bits per heavy atom. The minimum absolute atomic E-state index is 0.0269. The fraction of sp³-hybridized carbons (Fsp3) is 0.143. The fourth-order valence-corrected chi connectivity index (χ4v) is 2.25. The number of halogens is 2. The third kappa shape index (κ3) is 3.48. The van der Waals surface area contributed by atoms with E-state index in [0.717, 1.165) is 15.7 Å². The maximum atomic E-state index is 9.48. The van der Waals surface area contributed by atoms with E-state index in [2.05, 4.69) is 21.2 Å².